The van der Waals surface area contributed by atoms with Crippen molar-refractivity contribution in [3.8, 4) is 5.75 Å². The molecule has 1 heterocycles. The van der Waals surface area contributed by atoms with Gasteiger partial charge in [-0.3, -0.25) is 9.59 Å². The van der Waals surface area contributed by atoms with Gasteiger partial charge in [-0.25, -0.2) is 9.29 Å². The molecule has 150 valence electrons. The van der Waals surface area contributed by atoms with E-state index in [4.69, 9.17) is 16.3 Å². The third-order valence-corrected chi connectivity index (χ3v) is 4.96. The predicted molar refractivity (Wildman–Crippen MR) is 114 cm³/mol. The van der Waals surface area contributed by atoms with Crippen molar-refractivity contribution in [2.45, 2.75) is 0 Å². The molecular weight excluding hydrogens is 407 g/mol. The zero-order valence-electron chi connectivity index (χ0n) is 15.9. The summed E-state index contributed by atoms with van der Waals surface area (Å²) < 4.78 is 19.5. The maximum Gasteiger partial charge on any atom is 0.282 e. The molecule has 3 aromatic carbocycles. The normalized spacial score (nSPS) is 13.8. The summed E-state index contributed by atoms with van der Waals surface area (Å²) in [5.41, 5.74) is 1.11. The van der Waals surface area contributed by atoms with Gasteiger partial charge in [0, 0.05) is 5.69 Å². The molecule has 1 aliphatic heterocycles. The summed E-state index contributed by atoms with van der Waals surface area (Å²) >= 11 is 6.19. The quantitative estimate of drug-likeness (QED) is 0.595. The van der Waals surface area contributed by atoms with E-state index in [0.29, 0.717) is 22.0 Å². The van der Waals surface area contributed by atoms with E-state index in [9.17, 15) is 14.0 Å². The highest BCUT2D eigenvalue weighted by Gasteiger charge is 2.41. The lowest BCUT2D eigenvalue weighted by molar-refractivity contribution is -0.120. The average Bonchev–Trinajstić information content (AvgIpc) is 2.99. The number of imide groups is 1. The van der Waals surface area contributed by atoms with Crippen molar-refractivity contribution in [2.75, 3.05) is 17.3 Å². The number of nitrogens with zero attached hydrogens (tertiary/aromatic N) is 1. The molecule has 0 radical (unpaired) electrons. The molecule has 0 fully saturated rings. The fourth-order valence-corrected chi connectivity index (χ4v) is 3.52. The van der Waals surface area contributed by atoms with Crippen LogP contribution in [0.1, 0.15) is 5.56 Å². The highest BCUT2D eigenvalue weighted by molar-refractivity contribution is 6.46. The van der Waals surface area contributed by atoms with Gasteiger partial charge in [-0.05, 0) is 35.9 Å². The van der Waals surface area contributed by atoms with Crippen LogP contribution in [0.15, 0.2) is 78.5 Å². The van der Waals surface area contributed by atoms with Crippen LogP contribution in [0.2, 0.25) is 5.02 Å². The number of hydrogen-bond acceptors (Lipinski definition) is 4. The Bertz CT molecular complexity index is 1180. The Morgan fingerprint density at radius 3 is 2.30 bits per heavy atom. The maximum absolute atomic E-state index is 14.4. The van der Waals surface area contributed by atoms with Gasteiger partial charge in [0.25, 0.3) is 11.8 Å². The van der Waals surface area contributed by atoms with E-state index in [1.165, 1.54) is 25.3 Å². The van der Waals surface area contributed by atoms with Crippen LogP contribution in [0.4, 0.5) is 15.8 Å². The van der Waals surface area contributed by atoms with E-state index in [1.54, 1.807) is 54.6 Å². The van der Waals surface area contributed by atoms with E-state index in [1.807, 2.05) is 0 Å². The van der Waals surface area contributed by atoms with Crippen LogP contribution in [0.3, 0.4) is 0 Å². The van der Waals surface area contributed by atoms with Crippen molar-refractivity contribution in [3.05, 3.63) is 94.9 Å². The number of hydrogen-bond donors (Lipinski definition) is 1. The van der Waals surface area contributed by atoms with Gasteiger partial charge in [0.05, 0.1) is 23.4 Å². The third kappa shape index (κ3) is 3.42. The molecule has 4 rings (SSSR count). The van der Waals surface area contributed by atoms with Gasteiger partial charge in [0.2, 0.25) is 0 Å². The smallest absolute Gasteiger partial charge is 0.282 e. The van der Waals surface area contributed by atoms with Gasteiger partial charge in [-0.2, -0.15) is 0 Å². The van der Waals surface area contributed by atoms with Crippen molar-refractivity contribution in [1.29, 1.82) is 0 Å². The van der Waals surface area contributed by atoms with Crippen molar-refractivity contribution in [3.63, 3.8) is 0 Å². The largest absolute Gasteiger partial charge is 0.495 e. The van der Waals surface area contributed by atoms with Gasteiger partial charge in [0.15, 0.2) is 0 Å². The van der Waals surface area contributed by atoms with Crippen LogP contribution >= 0.6 is 11.6 Å². The number of rotatable bonds is 5. The zero-order chi connectivity index (χ0) is 21.3. The molecule has 0 aliphatic carbocycles. The fourth-order valence-electron chi connectivity index (χ4n) is 3.26. The summed E-state index contributed by atoms with van der Waals surface area (Å²) in [5.74, 6) is -1.46. The molecule has 0 atom stereocenters. The van der Waals surface area contributed by atoms with E-state index < -0.39 is 17.6 Å². The van der Waals surface area contributed by atoms with Crippen LogP contribution in [0.5, 0.6) is 5.75 Å². The summed E-state index contributed by atoms with van der Waals surface area (Å²) in [5, 5.41) is 3.33. The summed E-state index contributed by atoms with van der Waals surface area (Å²) in [6.07, 6.45) is 0. The van der Waals surface area contributed by atoms with Gasteiger partial charge in [0.1, 0.15) is 17.3 Å². The van der Waals surface area contributed by atoms with E-state index in [0.717, 1.165) is 4.90 Å². The Morgan fingerprint density at radius 1 is 0.933 bits per heavy atom. The second-order valence-corrected chi connectivity index (χ2v) is 6.89. The van der Waals surface area contributed by atoms with Crippen molar-refractivity contribution < 1.29 is 18.7 Å². The zero-order valence-corrected chi connectivity index (χ0v) is 16.6. The van der Waals surface area contributed by atoms with Gasteiger partial charge in [-0.15, -0.1) is 0 Å². The van der Waals surface area contributed by atoms with Crippen LogP contribution in [-0.4, -0.2) is 18.9 Å². The number of carbonyl (C=O) groups is 2. The molecule has 0 saturated carbocycles. The molecule has 7 heteroatoms. The molecule has 5 nitrogen and oxygen atoms in total. The van der Waals surface area contributed by atoms with E-state index >= 15 is 0 Å². The molecule has 0 bridgehead atoms. The topological polar surface area (TPSA) is 58.6 Å². The lowest BCUT2D eigenvalue weighted by Crippen LogP contribution is -2.33. The molecule has 0 spiro atoms. The average molecular weight is 423 g/mol. The second kappa shape index (κ2) is 8.00. The van der Waals surface area contributed by atoms with Gasteiger partial charge in [-0.1, -0.05) is 54.1 Å². The first-order chi connectivity index (χ1) is 14.5. The number of para-hydroxylation sites is 1. The van der Waals surface area contributed by atoms with Crippen LogP contribution in [-0.2, 0) is 9.59 Å². The number of benzene rings is 3. The first kappa shape index (κ1) is 19.7. The van der Waals surface area contributed by atoms with E-state index in [2.05, 4.69) is 5.32 Å². The minimum Gasteiger partial charge on any atom is -0.495 e. The van der Waals surface area contributed by atoms with Crippen LogP contribution in [0.25, 0.3) is 5.57 Å². The first-order valence-electron chi connectivity index (χ1n) is 9.05. The fraction of sp³-hybridized carbons (Fsp3) is 0.0435. The standard InChI is InChI=1S/C23H16ClFN2O3/c1-30-19-12-11-15(13-16(19)24)26-21-20(14-7-3-2-4-8-14)22(28)27(23(21)29)18-10-6-5-9-17(18)25/h2-13,26H,1H3. The lowest BCUT2D eigenvalue weighted by Gasteiger charge is -2.16. The highest BCUT2D eigenvalue weighted by Crippen LogP contribution is 2.35. The third-order valence-electron chi connectivity index (χ3n) is 4.66. The molecule has 0 aromatic heterocycles. The number of halogens is 2. The molecule has 1 aliphatic rings. The number of ether oxygens (including phenoxy) is 1. The molecule has 30 heavy (non-hydrogen) atoms. The molecular formula is C23H16ClFN2O3. The molecule has 3 aromatic rings. The van der Waals surface area contributed by atoms with Crippen LogP contribution < -0.4 is 15.0 Å². The van der Waals surface area contributed by atoms with Gasteiger partial charge < -0.3 is 10.1 Å². The second-order valence-electron chi connectivity index (χ2n) is 6.49. The number of anilines is 2. The summed E-state index contributed by atoms with van der Waals surface area (Å²) in [7, 11) is 1.50. The van der Waals surface area contributed by atoms with E-state index in [-0.39, 0.29) is 17.0 Å². The van der Waals surface area contributed by atoms with Crippen molar-refractivity contribution >= 4 is 40.4 Å². The SMILES string of the molecule is COc1ccc(NC2=C(c3ccccc3)C(=O)N(c3ccccc3F)C2=O)cc1Cl. The molecule has 0 unspecified atom stereocenters. The molecule has 1 N–H and O–H groups in total. The maximum atomic E-state index is 14.4. The predicted octanol–water partition coefficient (Wildman–Crippen LogP) is 4.88. The number of nitrogens with one attached hydrogen (secondary N) is 1. The summed E-state index contributed by atoms with van der Waals surface area (Å²) in [4.78, 5) is 27.3. The lowest BCUT2D eigenvalue weighted by atomic mass is 10.0. The Balaban J connectivity index is 1.82. The minimum absolute atomic E-state index is 0.0377. The Kier molecular flexibility index (Phi) is 5.25. The number of carbonyl (C=O) groups excluding carboxylic acids is 2. The monoisotopic (exact) mass is 422 g/mol. The number of methoxy groups -OCH3 is 1. The Hall–Kier alpha value is -3.64. The van der Waals surface area contributed by atoms with Crippen LogP contribution in [0, 0.1) is 5.82 Å². The summed E-state index contributed by atoms with van der Waals surface area (Å²) in [6.45, 7) is 0. The first-order valence-corrected chi connectivity index (χ1v) is 9.42. The van der Waals surface area contributed by atoms with Crippen molar-refractivity contribution in [2.24, 2.45) is 0 Å². The number of amides is 2. The molecule has 0 saturated heterocycles. The highest BCUT2D eigenvalue weighted by atomic mass is 35.5. The van der Waals surface area contributed by atoms with Crippen molar-refractivity contribution in [1.82, 2.24) is 0 Å². The Labute approximate surface area is 177 Å². The van der Waals surface area contributed by atoms with Gasteiger partial charge >= 0.3 is 0 Å². The minimum atomic E-state index is -0.666. The Morgan fingerprint density at radius 2 is 1.63 bits per heavy atom. The summed E-state index contributed by atoms with van der Waals surface area (Å²) in [6, 6.07) is 19.3. The molecule has 2 amide bonds.